The fourth-order valence-corrected chi connectivity index (χ4v) is 5.61. The van der Waals surface area contributed by atoms with Gasteiger partial charge in [-0.15, -0.1) is 0 Å². The standard InChI is InChI=1S/C20H33N5O4S/c1-16-5-4-8-23(15-16)17(2)14-21-19-7-6-18(13-20(19)25(26)27)30(28,29)24-11-9-22(3)10-12-24/h6-7,13,16-17,21H,4-5,8-12,14-15H2,1-3H3. The number of nitro groups is 1. The molecule has 2 fully saturated rings. The Morgan fingerprint density at radius 3 is 2.57 bits per heavy atom. The molecule has 2 saturated heterocycles. The minimum atomic E-state index is -3.75. The quantitative estimate of drug-likeness (QED) is 0.513. The maximum Gasteiger partial charge on any atom is 0.293 e. The van der Waals surface area contributed by atoms with Crippen molar-refractivity contribution < 1.29 is 13.3 Å². The summed E-state index contributed by atoms with van der Waals surface area (Å²) in [5.41, 5.74) is 0.152. The zero-order valence-electron chi connectivity index (χ0n) is 18.1. The van der Waals surface area contributed by atoms with Gasteiger partial charge in [-0.2, -0.15) is 4.31 Å². The van der Waals surface area contributed by atoms with Crippen molar-refractivity contribution in [1.82, 2.24) is 14.1 Å². The Morgan fingerprint density at radius 2 is 1.93 bits per heavy atom. The highest BCUT2D eigenvalue weighted by Crippen LogP contribution is 2.29. The predicted molar refractivity (Wildman–Crippen MR) is 117 cm³/mol. The Hall–Kier alpha value is -1.75. The van der Waals surface area contributed by atoms with E-state index in [0.29, 0.717) is 44.3 Å². The van der Waals surface area contributed by atoms with E-state index in [-0.39, 0.29) is 16.6 Å². The van der Waals surface area contributed by atoms with E-state index in [4.69, 9.17) is 0 Å². The Labute approximate surface area is 179 Å². The molecule has 0 saturated carbocycles. The lowest BCUT2D eigenvalue weighted by atomic mass is 9.99. The lowest BCUT2D eigenvalue weighted by molar-refractivity contribution is -0.384. The molecule has 168 valence electrons. The maximum atomic E-state index is 12.9. The van der Waals surface area contributed by atoms with Gasteiger partial charge in [0, 0.05) is 51.4 Å². The third-order valence-electron chi connectivity index (χ3n) is 6.17. The van der Waals surface area contributed by atoms with Crippen molar-refractivity contribution in [2.75, 3.05) is 58.2 Å². The molecule has 2 heterocycles. The maximum absolute atomic E-state index is 12.9. The van der Waals surface area contributed by atoms with Crippen molar-refractivity contribution in [3.05, 3.63) is 28.3 Å². The fraction of sp³-hybridized carbons (Fsp3) is 0.700. The van der Waals surface area contributed by atoms with Gasteiger partial charge in [-0.05, 0) is 51.4 Å². The Morgan fingerprint density at radius 1 is 1.23 bits per heavy atom. The summed E-state index contributed by atoms with van der Waals surface area (Å²) >= 11 is 0. The minimum absolute atomic E-state index is 0.0257. The molecule has 2 unspecified atom stereocenters. The van der Waals surface area contributed by atoms with Crippen LogP contribution in [0.5, 0.6) is 0 Å². The average Bonchev–Trinajstić information content (AvgIpc) is 2.72. The first-order chi connectivity index (χ1) is 14.2. The van der Waals surface area contributed by atoms with Gasteiger partial charge < -0.3 is 10.2 Å². The molecule has 0 spiro atoms. The Kier molecular flexibility index (Phi) is 7.33. The number of rotatable bonds is 7. The number of sulfonamides is 1. The molecule has 30 heavy (non-hydrogen) atoms. The van der Waals surface area contributed by atoms with Crippen LogP contribution in [0.4, 0.5) is 11.4 Å². The highest BCUT2D eigenvalue weighted by molar-refractivity contribution is 7.89. The second kappa shape index (κ2) is 9.59. The molecule has 9 nitrogen and oxygen atoms in total. The number of nitrogens with one attached hydrogen (secondary N) is 1. The van der Waals surface area contributed by atoms with Gasteiger partial charge in [0.2, 0.25) is 10.0 Å². The van der Waals surface area contributed by atoms with E-state index in [1.54, 1.807) is 0 Å². The number of nitrogens with zero attached hydrogens (tertiary/aromatic N) is 4. The van der Waals surface area contributed by atoms with Crippen molar-refractivity contribution in [1.29, 1.82) is 0 Å². The van der Waals surface area contributed by atoms with Gasteiger partial charge in [-0.25, -0.2) is 8.42 Å². The SMILES string of the molecule is CC1CCCN(C(C)CNc2ccc(S(=O)(=O)N3CCN(C)CC3)cc2[N+](=O)[O-])C1. The van der Waals surface area contributed by atoms with E-state index in [0.717, 1.165) is 13.1 Å². The van der Waals surface area contributed by atoms with Crippen LogP contribution in [0.3, 0.4) is 0 Å². The Bertz CT molecular complexity index is 855. The Balaban J connectivity index is 1.73. The molecule has 3 rings (SSSR count). The van der Waals surface area contributed by atoms with Gasteiger partial charge in [-0.1, -0.05) is 6.92 Å². The molecule has 2 aliphatic heterocycles. The molecule has 0 bridgehead atoms. The van der Waals surface area contributed by atoms with Crippen LogP contribution in [0, 0.1) is 16.0 Å². The van der Waals surface area contributed by atoms with Gasteiger partial charge in [0.05, 0.1) is 9.82 Å². The third-order valence-corrected chi connectivity index (χ3v) is 8.06. The van der Waals surface area contributed by atoms with Crippen molar-refractivity contribution in [2.24, 2.45) is 5.92 Å². The summed E-state index contributed by atoms with van der Waals surface area (Å²) in [7, 11) is -1.80. The number of hydrogen-bond acceptors (Lipinski definition) is 7. The van der Waals surface area contributed by atoms with Gasteiger partial charge in [0.25, 0.3) is 5.69 Å². The van der Waals surface area contributed by atoms with Gasteiger partial charge >= 0.3 is 0 Å². The molecular weight excluding hydrogens is 406 g/mol. The molecule has 1 aromatic carbocycles. The summed E-state index contributed by atoms with van der Waals surface area (Å²) in [6.45, 7) is 9.07. The van der Waals surface area contributed by atoms with Crippen molar-refractivity contribution >= 4 is 21.4 Å². The summed E-state index contributed by atoms with van der Waals surface area (Å²) in [6, 6.07) is 4.41. The molecule has 2 atom stereocenters. The van der Waals surface area contributed by atoms with E-state index in [1.807, 2.05) is 7.05 Å². The molecule has 0 amide bonds. The van der Waals surface area contributed by atoms with E-state index >= 15 is 0 Å². The number of nitro benzene ring substituents is 1. The summed E-state index contributed by atoms with van der Waals surface area (Å²) < 4.78 is 27.3. The van der Waals surface area contributed by atoms with Crippen LogP contribution in [0.2, 0.25) is 0 Å². The second-order valence-electron chi connectivity index (χ2n) is 8.62. The van der Waals surface area contributed by atoms with E-state index in [9.17, 15) is 18.5 Å². The topological polar surface area (TPSA) is 99.0 Å². The summed E-state index contributed by atoms with van der Waals surface area (Å²) in [5.74, 6) is 0.662. The van der Waals surface area contributed by atoms with Crippen molar-refractivity contribution in [3.8, 4) is 0 Å². The van der Waals surface area contributed by atoms with E-state index in [2.05, 4.69) is 29.0 Å². The first kappa shape index (κ1) is 22.9. The summed E-state index contributed by atoms with van der Waals surface area (Å²) in [6.07, 6.45) is 2.41. The molecule has 1 aromatic rings. The second-order valence-corrected chi connectivity index (χ2v) is 10.6. The summed E-state index contributed by atoms with van der Waals surface area (Å²) in [4.78, 5) is 15.6. The smallest absolute Gasteiger partial charge is 0.293 e. The molecule has 0 aliphatic carbocycles. The van der Waals surface area contributed by atoms with Gasteiger partial charge in [0.1, 0.15) is 5.69 Å². The average molecular weight is 440 g/mol. The molecule has 10 heteroatoms. The van der Waals surface area contributed by atoms with Crippen LogP contribution >= 0.6 is 0 Å². The van der Waals surface area contributed by atoms with Crippen LogP contribution in [-0.2, 0) is 10.0 Å². The normalized spacial score (nSPS) is 23.2. The van der Waals surface area contributed by atoms with Crippen LogP contribution < -0.4 is 5.32 Å². The largest absolute Gasteiger partial charge is 0.378 e. The minimum Gasteiger partial charge on any atom is -0.378 e. The number of piperazine rings is 1. The molecular formula is C20H33N5O4S. The summed E-state index contributed by atoms with van der Waals surface area (Å²) in [5, 5.41) is 14.8. The van der Waals surface area contributed by atoms with Crippen LogP contribution in [0.25, 0.3) is 0 Å². The lowest BCUT2D eigenvalue weighted by Crippen LogP contribution is -2.47. The molecule has 1 N–H and O–H groups in total. The number of piperidine rings is 1. The monoisotopic (exact) mass is 439 g/mol. The van der Waals surface area contributed by atoms with E-state index < -0.39 is 14.9 Å². The third kappa shape index (κ3) is 5.29. The van der Waals surface area contributed by atoms with Gasteiger partial charge in [-0.3, -0.25) is 15.0 Å². The van der Waals surface area contributed by atoms with Gasteiger partial charge in [0.15, 0.2) is 0 Å². The van der Waals surface area contributed by atoms with Crippen LogP contribution in [0.15, 0.2) is 23.1 Å². The van der Waals surface area contributed by atoms with Crippen molar-refractivity contribution in [3.63, 3.8) is 0 Å². The van der Waals surface area contributed by atoms with Crippen molar-refractivity contribution in [2.45, 2.75) is 37.6 Å². The number of likely N-dealkylation sites (N-methyl/N-ethyl adjacent to an activating group) is 1. The fourth-order valence-electron chi connectivity index (χ4n) is 4.16. The lowest BCUT2D eigenvalue weighted by Gasteiger charge is -2.35. The van der Waals surface area contributed by atoms with Crippen LogP contribution in [-0.4, -0.2) is 86.3 Å². The predicted octanol–water partition coefficient (Wildman–Crippen LogP) is 2.06. The molecule has 0 aromatic heterocycles. The number of anilines is 1. The number of hydrogen-bond donors (Lipinski definition) is 1. The van der Waals surface area contributed by atoms with E-state index in [1.165, 1.54) is 35.3 Å². The number of benzene rings is 1. The molecule has 2 aliphatic rings. The molecule has 0 radical (unpaired) electrons. The zero-order valence-corrected chi connectivity index (χ0v) is 18.9. The highest BCUT2D eigenvalue weighted by Gasteiger charge is 2.30. The first-order valence-corrected chi connectivity index (χ1v) is 12.1. The zero-order chi connectivity index (χ0) is 21.9. The van der Waals surface area contributed by atoms with Crippen LogP contribution in [0.1, 0.15) is 26.7 Å². The highest BCUT2D eigenvalue weighted by atomic mass is 32.2. The first-order valence-electron chi connectivity index (χ1n) is 10.6. The number of likely N-dealkylation sites (tertiary alicyclic amines) is 1.